The van der Waals surface area contributed by atoms with Crippen LogP contribution in [0.15, 0.2) is 104 Å². The predicted octanol–water partition coefficient (Wildman–Crippen LogP) is 6.68. The Kier molecular flexibility index (Phi) is 3.34. The minimum atomic E-state index is 0.743. The van der Waals surface area contributed by atoms with Crippen molar-refractivity contribution >= 4 is 60.3 Å². The Morgan fingerprint density at radius 2 is 1.38 bits per heavy atom. The molecule has 34 heavy (non-hydrogen) atoms. The molecule has 5 heterocycles. The molecule has 0 N–H and O–H groups in total. The van der Waals surface area contributed by atoms with Crippen LogP contribution < -0.4 is 0 Å². The minimum Gasteiger partial charge on any atom is -0.309 e. The van der Waals surface area contributed by atoms with E-state index >= 15 is 0 Å². The number of fused-ring (bicyclic) bond motifs is 12. The second-order valence-electron chi connectivity index (χ2n) is 8.58. The number of hydrogen-bond donors (Lipinski definition) is 0. The first-order valence-electron chi connectivity index (χ1n) is 11.3. The highest BCUT2D eigenvalue weighted by molar-refractivity contribution is 6.30. The average Bonchev–Trinajstić information content (AvgIpc) is 3.45. The molecule has 0 spiro atoms. The van der Waals surface area contributed by atoms with Crippen LogP contribution in [0, 0.1) is 0 Å². The van der Waals surface area contributed by atoms with Gasteiger partial charge in [-0.2, -0.15) is 0 Å². The van der Waals surface area contributed by atoms with Gasteiger partial charge in [-0.05, 0) is 48.5 Å². The third kappa shape index (κ3) is 2.16. The molecule has 0 aliphatic rings. The summed E-state index contributed by atoms with van der Waals surface area (Å²) in [5, 5.41) is 5.92. The highest BCUT2D eigenvalue weighted by atomic mass is 15.1. The van der Waals surface area contributed by atoms with E-state index in [9.17, 15) is 0 Å². The van der Waals surface area contributed by atoms with Crippen molar-refractivity contribution in [3.63, 3.8) is 0 Å². The fourth-order valence-electron chi connectivity index (χ4n) is 5.50. The Morgan fingerprint density at radius 1 is 0.559 bits per heavy atom. The van der Waals surface area contributed by atoms with Crippen LogP contribution in [-0.2, 0) is 0 Å². The Labute approximate surface area is 193 Å². The summed E-state index contributed by atoms with van der Waals surface area (Å²) in [6.07, 6.45) is 5.61. The lowest BCUT2D eigenvalue weighted by Crippen LogP contribution is -1.94. The normalized spacial score (nSPS) is 12.1. The predicted molar refractivity (Wildman–Crippen MR) is 138 cm³/mol. The van der Waals surface area contributed by atoms with E-state index in [1.54, 1.807) is 6.20 Å². The lowest BCUT2D eigenvalue weighted by Gasteiger charge is -2.11. The van der Waals surface area contributed by atoms with E-state index in [-0.39, 0.29) is 0 Å². The SMILES string of the molecule is c1ccc(-n2c3ccccc3c3c4c5ccncc5n5c6cccnc6nc5c4ccc32)cc1. The molecule has 5 aromatic heterocycles. The van der Waals surface area contributed by atoms with Crippen LogP contribution in [0.5, 0.6) is 0 Å². The molecule has 8 rings (SSSR count). The van der Waals surface area contributed by atoms with E-state index in [4.69, 9.17) is 4.98 Å². The van der Waals surface area contributed by atoms with Gasteiger partial charge in [-0.1, -0.05) is 36.4 Å². The van der Waals surface area contributed by atoms with E-state index in [0.29, 0.717) is 0 Å². The quantitative estimate of drug-likeness (QED) is 0.270. The molecular weight excluding hydrogens is 418 g/mol. The van der Waals surface area contributed by atoms with Crippen LogP contribution in [-0.4, -0.2) is 23.9 Å². The number of para-hydroxylation sites is 2. The van der Waals surface area contributed by atoms with Crippen LogP contribution in [0.4, 0.5) is 0 Å². The van der Waals surface area contributed by atoms with E-state index in [0.717, 1.165) is 38.8 Å². The zero-order chi connectivity index (χ0) is 22.2. The number of hydrogen-bond acceptors (Lipinski definition) is 3. The largest absolute Gasteiger partial charge is 0.309 e. The molecule has 0 amide bonds. The summed E-state index contributed by atoms with van der Waals surface area (Å²) >= 11 is 0. The maximum absolute atomic E-state index is 4.96. The molecule has 0 saturated carbocycles. The van der Waals surface area contributed by atoms with Crippen molar-refractivity contribution in [2.75, 3.05) is 0 Å². The van der Waals surface area contributed by atoms with Crippen molar-refractivity contribution in [3.8, 4) is 5.69 Å². The monoisotopic (exact) mass is 435 g/mol. The molecule has 0 fully saturated rings. The van der Waals surface area contributed by atoms with Gasteiger partial charge in [-0.25, -0.2) is 9.97 Å². The Hall–Kier alpha value is -4.77. The second-order valence-corrected chi connectivity index (χ2v) is 8.58. The summed E-state index contributed by atoms with van der Waals surface area (Å²) in [4.78, 5) is 14.0. The summed E-state index contributed by atoms with van der Waals surface area (Å²) in [5.41, 5.74) is 7.18. The fraction of sp³-hybridized carbons (Fsp3) is 0. The fourth-order valence-corrected chi connectivity index (χ4v) is 5.50. The molecule has 0 atom stereocenters. The van der Waals surface area contributed by atoms with Gasteiger partial charge in [0.25, 0.3) is 0 Å². The molecule has 158 valence electrons. The Morgan fingerprint density at radius 3 is 2.32 bits per heavy atom. The number of nitrogens with zero attached hydrogens (tertiary/aromatic N) is 5. The number of aromatic nitrogens is 5. The van der Waals surface area contributed by atoms with Crippen molar-refractivity contribution < 1.29 is 0 Å². The standard InChI is InChI=1S/C29H17N5/c1-2-7-18(8-3-1)33-22-10-5-4-9-19(22)27-23(33)13-12-21-26(27)20-14-16-30-17-25(20)34-24-11-6-15-31-28(24)32-29(21)34/h1-17H. The van der Waals surface area contributed by atoms with Gasteiger partial charge in [0.05, 0.1) is 28.3 Å². The van der Waals surface area contributed by atoms with Crippen molar-refractivity contribution in [2.24, 2.45) is 0 Å². The topological polar surface area (TPSA) is 48.0 Å². The van der Waals surface area contributed by atoms with E-state index in [1.807, 2.05) is 18.5 Å². The number of pyridine rings is 3. The van der Waals surface area contributed by atoms with Gasteiger partial charge in [0.1, 0.15) is 5.65 Å². The first-order valence-corrected chi connectivity index (χ1v) is 11.3. The van der Waals surface area contributed by atoms with Crippen molar-refractivity contribution in [1.29, 1.82) is 0 Å². The molecule has 8 aromatic rings. The van der Waals surface area contributed by atoms with Gasteiger partial charge < -0.3 is 4.57 Å². The van der Waals surface area contributed by atoms with Gasteiger partial charge in [0.15, 0.2) is 5.65 Å². The van der Waals surface area contributed by atoms with Gasteiger partial charge in [0, 0.05) is 45.0 Å². The van der Waals surface area contributed by atoms with Crippen LogP contribution in [0.1, 0.15) is 0 Å². The summed E-state index contributed by atoms with van der Waals surface area (Å²) in [6.45, 7) is 0. The van der Waals surface area contributed by atoms with Crippen molar-refractivity contribution in [1.82, 2.24) is 23.9 Å². The minimum absolute atomic E-state index is 0.743. The lowest BCUT2D eigenvalue weighted by atomic mass is 10.0. The van der Waals surface area contributed by atoms with E-state index in [2.05, 4.69) is 97.8 Å². The molecule has 0 saturated heterocycles. The summed E-state index contributed by atoms with van der Waals surface area (Å²) in [6, 6.07) is 29.8. The maximum atomic E-state index is 4.96. The van der Waals surface area contributed by atoms with Crippen LogP contribution in [0.2, 0.25) is 0 Å². The Bertz CT molecular complexity index is 2070. The lowest BCUT2D eigenvalue weighted by molar-refractivity contribution is 1.18. The van der Waals surface area contributed by atoms with E-state index < -0.39 is 0 Å². The summed E-state index contributed by atoms with van der Waals surface area (Å²) in [5.74, 6) is 0. The number of imidazole rings is 1. The molecule has 3 aromatic carbocycles. The highest BCUT2D eigenvalue weighted by Gasteiger charge is 2.20. The van der Waals surface area contributed by atoms with Gasteiger partial charge in [-0.15, -0.1) is 0 Å². The second kappa shape index (κ2) is 6.39. The molecule has 0 radical (unpaired) electrons. The number of rotatable bonds is 1. The van der Waals surface area contributed by atoms with E-state index in [1.165, 1.54) is 27.2 Å². The molecular formula is C29H17N5. The number of benzene rings is 3. The van der Waals surface area contributed by atoms with Crippen molar-refractivity contribution in [3.05, 3.63) is 104 Å². The molecule has 0 aliphatic carbocycles. The van der Waals surface area contributed by atoms with Crippen molar-refractivity contribution in [2.45, 2.75) is 0 Å². The van der Waals surface area contributed by atoms with Gasteiger partial charge in [0.2, 0.25) is 0 Å². The van der Waals surface area contributed by atoms with Crippen LogP contribution in [0.3, 0.4) is 0 Å². The average molecular weight is 435 g/mol. The van der Waals surface area contributed by atoms with Crippen LogP contribution in [0.25, 0.3) is 66.0 Å². The Balaban J connectivity index is 1.70. The molecule has 0 unspecified atom stereocenters. The zero-order valence-electron chi connectivity index (χ0n) is 18.1. The van der Waals surface area contributed by atoms with Gasteiger partial charge in [-0.3, -0.25) is 9.38 Å². The summed E-state index contributed by atoms with van der Waals surface area (Å²) in [7, 11) is 0. The van der Waals surface area contributed by atoms with Gasteiger partial charge >= 0.3 is 0 Å². The molecule has 5 heteroatoms. The highest BCUT2D eigenvalue weighted by Crippen LogP contribution is 2.41. The third-order valence-electron chi connectivity index (χ3n) is 6.83. The molecule has 5 nitrogen and oxygen atoms in total. The zero-order valence-corrected chi connectivity index (χ0v) is 18.1. The molecule has 0 aliphatic heterocycles. The first kappa shape index (κ1) is 17.7. The smallest absolute Gasteiger partial charge is 0.178 e. The molecule has 0 bridgehead atoms. The maximum Gasteiger partial charge on any atom is 0.178 e. The third-order valence-corrected chi connectivity index (χ3v) is 6.83. The first-order chi connectivity index (χ1) is 16.9. The van der Waals surface area contributed by atoms with Crippen LogP contribution >= 0.6 is 0 Å². The summed E-state index contributed by atoms with van der Waals surface area (Å²) < 4.78 is 4.54.